The van der Waals surface area contributed by atoms with E-state index in [9.17, 15) is 28.1 Å². The number of piperazine rings is 1. The zero-order valence-electron chi connectivity index (χ0n) is 14.6. The van der Waals surface area contributed by atoms with E-state index in [1.54, 1.807) is 17.0 Å². The molecule has 1 aliphatic rings. The molecule has 2 aromatic carbocycles. The summed E-state index contributed by atoms with van der Waals surface area (Å²) in [5, 5.41) is 10.7. The lowest BCUT2D eigenvalue weighted by molar-refractivity contribution is -0.384. The van der Waals surface area contributed by atoms with E-state index in [0.29, 0.717) is 26.2 Å². The van der Waals surface area contributed by atoms with Gasteiger partial charge in [0.2, 0.25) is 0 Å². The number of anilines is 1. The second kappa shape index (κ2) is 7.75. The number of alkyl halides is 3. The zero-order valence-corrected chi connectivity index (χ0v) is 14.6. The molecular formula is C18H16F3N3O4. The first-order valence-electron chi connectivity index (χ1n) is 8.37. The van der Waals surface area contributed by atoms with Gasteiger partial charge in [-0.1, -0.05) is 0 Å². The summed E-state index contributed by atoms with van der Waals surface area (Å²) in [6, 6.07) is 11.0. The van der Waals surface area contributed by atoms with E-state index in [0.717, 1.165) is 17.8 Å². The number of hydrogen-bond donors (Lipinski definition) is 0. The lowest BCUT2D eigenvalue weighted by Gasteiger charge is -2.36. The minimum Gasteiger partial charge on any atom is -0.406 e. The number of hydrogen-bond acceptors (Lipinski definition) is 5. The monoisotopic (exact) mass is 395 g/mol. The average Bonchev–Trinajstić information content (AvgIpc) is 2.67. The standard InChI is InChI=1S/C18H16F3N3O4/c19-18(20,21)28-16-7-1-13(2-8-16)17(25)23-11-9-22(10-12-23)14-3-5-15(6-4-14)24(26)27/h1-8H,9-12H2. The fraction of sp³-hybridized carbons (Fsp3) is 0.278. The van der Waals surface area contributed by atoms with Gasteiger partial charge in [0.25, 0.3) is 11.6 Å². The van der Waals surface area contributed by atoms with E-state index >= 15 is 0 Å². The van der Waals surface area contributed by atoms with Gasteiger partial charge in [-0.2, -0.15) is 0 Å². The molecule has 148 valence electrons. The van der Waals surface area contributed by atoms with Gasteiger partial charge < -0.3 is 14.5 Å². The number of halogens is 3. The molecule has 2 aromatic rings. The number of rotatable bonds is 4. The first-order valence-corrected chi connectivity index (χ1v) is 8.37. The molecule has 1 aliphatic heterocycles. The molecule has 1 saturated heterocycles. The fourth-order valence-electron chi connectivity index (χ4n) is 2.93. The molecule has 7 nitrogen and oxygen atoms in total. The van der Waals surface area contributed by atoms with Crippen LogP contribution in [0.4, 0.5) is 24.5 Å². The molecule has 0 aromatic heterocycles. The minimum absolute atomic E-state index is 0.00973. The van der Waals surface area contributed by atoms with Crippen molar-refractivity contribution in [3.05, 3.63) is 64.2 Å². The summed E-state index contributed by atoms with van der Waals surface area (Å²) in [4.78, 5) is 26.4. The Kier molecular flexibility index (Phi) is 5.39. The van der Waals surface area contributed by atoms with Gasteiger partial charge >= 0.3 is 6.36 Å². The van der Waals surface area contributed by atoms with Crippen molar-refractivity contribution < 1.29 is 27.6 Å². The molecule has 0 spiro atoms. The average molecular weight is 395 g/mol. The number of nitrogens with zero attached hydrogens (tertiary/aromatic N) is 3. The summed E-state index contributed by atoms with van der Waals surface area (Å²) in [7, 11) is 0. The van der Waals surface area contributed by atoms with Crippen molar-refractivity contribution in [2.45, 2.75) is 6.36 Å². The first-order chi connectivity index (χ1) is 13.2. The van der Waals surface area contributed by atoms with Gasteiger partial charge in [-0.3, -0.25) is 14.9 Å². The number of non-ortho nitro benzene ring substituents is 1. The number of amides is 1. The number of nitro benzene ring substituents is 1. The van der Waals surface area contributed by atoms with Gasteiger partial charge in [-0.15, -0.1) is 13.2 Å². The molecule has 0 bridgehead atoms. The normalized spacial score (nSPS) is 14.7. The van der Waals surface area contributed by atoms with Crippen molar-refractivity contribution in [2.24, 2.45) is 0 Å². The van der Waals surface area contributed by atoms with Crippen molar-refractivity contribution in [1.29, 1.82) is 0 Å². The molecule has 0 unspecified atom stereocenters. The molecule has 0 radical (unpaired) electrons. The van der Waals surface area contributed by atoms with Crippen LogP contribution in [0.2, 0.25) is 0 Å². The van der Waals surface area contributed by atoms with Crippen LogP contribution in [0.5, 0.6) is 5.75 Å². The Morgan fingerprint density at radius 2 is 1.54 bits per heavy atom. The Morgan fingerprint density at radius 1 is 0.964 bits per heavy atom. The third-order valence-corrected chi connectivity index (χ3v) is 4.33. The summed E-state index contributed by atoms with van der Waals surface area (Å²) < 4.78 is 40.4. The Morgan fingerprint density at radius 3 is 2.04 bits per heavy atom. The summed E-state index contributed by atoms with van der Waals surface area (Å²) in [5.74, 6) is -0.658. The van der Waals surface area contributed by atoms with Crippen molar-refractivity contribution in [1.82, 2.24) is 4.90 Å². The highest BCUT2D eigenvalue weighted by Crippen LogP contribution is 2.24. The topological polar surface area (TPSA) is 75.9 Å². The van der Waals surface area contributed by atoms with Gasteiger partial charge in [0.05, 0.1) is 4.92 Å². The number of nitro groups is 1. The SMILES string of the molecule is O=C(c1ccc(OC(F)(F)F)cc1)N1CCN(c2ccc([N+](=O)[O-])cc2)CC1. The largest absolute Gasteiger partial charge is 0.573 e. The van der Waals surface area contributed by atoms with Crippen molar-refractivity contribution in [2.75, 3.05) is 31.1 Å². The Hall–Kier alpha value is -3.30. The molecule has 28 heavy (non-hydrogen) atoms. The van der Waals surface area contributed by atoms with Crippen molar-refractivity contribution >= 4 is 17.3 Å². The first kappa shape index (κ1) is 19.5. The van der Waals surface area contributed by atoms with Crippen LogP contribution in [0.1, 0.15) is 10.4 Å². The van der Waals surface area contributed by atoms with Gasteiger partial charge in [-0.25, -0.2) is 0 Å². The Bertz CT molecular complexity index is 846. The Balaban J connectivity index is 1.58. The second-order valence-corrected chi connectivity index (χ2v) is 6.12. The van der Waals surface area contributed by atoms with E-state index in [1.165, 1.54) is 24.3 Å². The molecule has 0 aliphatic carbocycles. The number of carbonyl (C=O) groups excluding carboxylic acids is 1. The molecular weight excluding hydrogens is 379 g/mol. The van der Waals surface area contributed by atoms with Crippen LogP contribution in [-0.2, 0) is 0 Å². The highest BCUT2D eigenvalue weighted by molar-refractivity contribution is 5.94. The van der Waals surface area contributed by atoms with Crippen LogP contribution in [0, 0.1) is 10.1 Å². The van der Waals surface area contributed by atoms with Crippen LogP contribution in [-0.4, -0.2) is 48.3 Å². The van der Waals surface area contributed by atoms with E-state index in [-0.39, 0.29) is 22.9 Å². The molecule has 0 atom stereocenters. The highest BCUT2D eigenvalue weighted by atomic mass is 19.4. The minimum atomic E-state index is -4.78. The van der Waals surface area contributed by atoms with E-state index in [2.05, 4.69) is 4.74 Å². The van der Waals surface area contributed by atoms with E-state index < -0.39 is 11.3 Å². The lowest BCUT2D eigenvalue weighted by atomic mass is 10.1. The fourth-order valence-corrected chi connectivity index (χ4v) is 2.93. The number of ether oxygens (including phenoxy) is 1. The van der Waals surface area contributed by atoms with Crippen LogP contribution < -0.4 is 9.64 Å². The predicted molar refractivity (Wildman–Crippen MR) is 94.3 cm³/mol. The van der Waals surface area contributed by atoms with Gasteiger partial charge in [0.15, 0.2) is 0 Å². The maximum absolute atomic E-state index is 12.5. The van der Waals surface area contributed by atoms with E-state index in [4.69, 9.17) is 0 Å². The lowest BCUT2D eigenvalue weighted by Crippen LogP contribution is -2.48. The summed E-state index contributed by atoms with van der Waals surface area (Å²) in [5.41, 5.74) is 1.11. The predicted octanol–water partition coefficient (Wildman–Crippen LogP) is 3.46. The van der Waals surface area contributed by atoms with Gasteiger partial charge in [0, 0.05) is 49.6 Å². The molecule has 1 fully saturated rings. The van der Waals surface area contributed by atoms with Gasteiger partial charge in [-0.05, 0) is 36.4 Å². The number of carbonyl (C=O) groups is 1. The Labute approximate surface area is 158 Å². The highest BCUT2D eigenvalue weighted by Gasteiger charge is 2.31. The van der Waals surface area contributed by atoms with Crippen molar-refractivity contribution in [3.63, 3.8) is 0 Å². The maximum Gasteiger partial charge on any atom is 0.573 e. The van der Waals surface area contributed by atoms with Gasteiger partial charge in [0.1, 0.15) is 5.75 Å². The van der Waals surface area contributed by atoms with Crippen LogP contribution in [0.3, 0.4) is 0 Å². The third kappa shape index (κ3) is 4.70. The van der Waals surface area contributed by atoms with Crippen LogP contribution in [0.25, 0.3) is 0 Å². The van der Waals surface area contributed by atoms with E-state index in [1.807, 2.05) is 4.90 Å². The van der Waals surface area contributed by atoms with Crippen LogP contribution >= 0.6 is 0 Å². The smallest absolute Gasteiger partial charge is 0.406 e. The molecule has 0 N–H and O–H groups in total. The summed E-state index contributed by atoms with van der Waals surface area (Å²) in [6.07, 6.45) is -4.78. The third-order valence-electron chi connectivity index (χ3n) is 4.33. The summed E-state index contributed by atoms with van der Waals surface area (Å²) in [6.45, 7) is 1.94. The summed E-state index contributed by atoms with van der Waals surface area (Å²) >= 11 is 0. The molecule has 10 heteroatoms. The zero-order chi connectivity index (χ0) is 20.3. The number of benzene rings is 2. The quantitative estimate of drug-likeness (QED) is 0.586. The van der Waals surface area contributed by atoms with Crippen molar-refractivity contribution in [3.8, 4) is 5.75 Å². The molecule has 3 rings (SSSR count). The second-order valence-electron chi connectivity index (χ2n) is 6.12. The maximum atomic E-state index is 12.5. The molecule has 1 amide bonds. The van der Waals surface area contributed by atoms with Crippen LogP contribution in [0.15, 0.2) is 48.5 Å². The molecule has 1 heterocycles. The molecule has 0 saturated carbocycles.